The number of amides is 2. The fraction of sp³-hybridized carbons (Fsp3) is 0.100. The standard InChI is InChI=1S/C20H15ClN2O2S/c21-13-8-9-17-16(10-13)23-20(25)18(26-17)11-19(24)22-15-7-3-5-12-4-1-2-6-14(12)15/h1-10,18H,11H2,(H,22,24)(H,23,25). The quantitative estimate of drug-likeness (QED) is 0.674. The largest absolute Gasteiger partial charge is 0.325 e. The third-order valence-electron chi connectivity index (χ3n) is 4.20. The maximum absolute atomic E-state index is 12.5. The SMILES string of the molecule is O=C(CC1Sc2ccc(Cl)cc2NC1=O)Nc1cccc2ccccc12. The Morgan fingerprint density at radius 3 is 2.81 bits per heavy atom. The maximum atomic E-state index is 12.5. The summed E-state index contributed by atoms with van der Waals surface area (Å²) in [6.07, 6.45) is 0.0990. The second-order valence-corrected chi connectivity index (χ2v) is 7.70. The van der Waals surface area contributed by atoms with Crippen molar-refractivity contribution >= 4 is 57.3 Å². The van der Waals surface area contributed by atoms with Crippen LogP contribution in [-0.2, 0) is 9.59 Å². The minimum absolute atomic E-state index is 0.0990. The highest BCUT2D eigenvalue weighted by molar-refractivity contribution is 8.01. The van der Waals surface area contributed by atoms with Crippen molar-refractivity contribution in [1.29, 1.82) is 0 Å². The molecule has 0 aromatic heterocycles. The fourth-order valence-corrected chi connectivity index (χ4v) is 4.22. The molecule has 6 heteroatoms. The number of benzene rings is 3. The number of rotatable bonds is 3. The zero-order valence-electron chi connectivity index (χ0n) is 13.7. The molecule has 3 aromatic rings. The van der Waals surface area contributed by atoms with Crippen LogP contribution in [-0.4, -0.2) is 17.1 Å². The number of carbonyl (C=O) groups excluding carboxylic acids is 2. The van der Waals surface area contributed by atoms with Crippen LogP contribution in [0.2, 0.25) is 5.02 Å². The molecule has 1 aliphatic heterocycles. The van der Waals surface area contributed by atoms with E-state index < -0.39 is 5.25 Å². The van der Waals surface area contributed by atoms with E-state index in [1.807, 2.05) is 48.5 Å². The van der Waals surface area contributed by atoms with Crippen molar-refractivity contribution in [3.05, 3.63) is 65.7 Å². The van der Waals surface area contributed by atoms with E-state index in [9.17, 15) is 9.59 Å². The van der Waals surface area contributed by atoms with Crippen molar-refractivity contribution < 1.29 is 9.59 Å². The van der Waals surface area contributed by atoms with Crippen LogP contribution in [0.15, 0.2) is 65.6 Å². The lowest BCUT2D eigenvalue weighted by Gasteiger charge is -2.24. The minimum atomic E-state index is -0.473. The summed E-state index contributed by atoms with van der Waals surface area (Å²) in [5.41, 5.74) is 1.44. The lowest BCUT2D eigenvalue weighted by molar-refractivity contribution is -0.120. The molecule has 3 aromatic carbocycles. The van der Waals surface area contributed by atoms with Gasteiger partial charge in [-0.25, -0.2) is 0 Å². The third-order valence-corrected chi connectivity index (χ3v) is 5.71. The molecule has 0 spiro atoms. The van der Waals surface area contributed by atoms with Gasteiger partial charge in [-0.2, -0.15) is 0 Å². The van der Waals surface area contributed by atoms with E-state index in [1.54, 1.807) is 12.1 Å². The van der Waals surface area contributed by atoms with Crippen molar-refractivity contribution in [3.8, 4) is 0 Å². The van der Waals surface area contributed by atoms with Crippen LogP contribution in [0.3, 0.4) is 0 Å². The molecule has 0 fully saturated rings. The molecule has 1 heterocycles. The Morgan fingerprint density at radius 2 is 1.92 bits per heavy atom. The van der Waals surface area contributed by atoms with Crippen LogP contribution in [0, 0.1) is 0 Å². The Balaban J connectivity index is 1.50. The molecule has 26 heavy (non-hydrogen) atoms. The molecule has 0 aliphatic carbocycles. The average molecular weight is 383 g/mol. The molecule has 0 saturated carbocycles. The zero-order chi connectivity index (χ0) is 18.1. The van der Waals surface area contributed by atoms with Gasteiger partial charge >= 0.3 is 0 Å². The van der Waals surface area contributed by atoms with Gasteiger partial charge in [0.05, 0.1) is 10.9 Å². The molecule has 2 amide bonds. The number of thioether (sulfide) groups is 1. The number of nitrogens with one attached hydrogen (secondary N) is 2. The number of fused-ring (bicyclic) bond motifs is 2. The molecule has 1 unspecified atom stereocenters. The van der Waals surface area contributed by atoms with Crippen molar-refractivity contribution in [1.82, 2.24) is 0 Å². The highest BCUT2D eigenvalue weighted by Crippen LogP contribution is 2.38. The van der Waals surface area contributed by atoms with Gasteiger partial charge in [0.1, 0.15) is 0 Å². The Bertz CT molecular complexity index is 1020. The van der Waals surface area contributed by atoms with Crippen LogP contribution >= 0.6 is 23.4 Å². The molecular weight excluding hydrogens is 368 g/mol. The summed E-state index contributed by atoms with van der Waals surface area (Å²) >= 11 is 7.34. The van der Waals surface area contributed by atoms with Crippen LogP contribution in [0.5, 0.6) is 0 Å². The molecule has 1 atom stereocenters. The van der Waals surface area contributed by atoms with Crippen molar-refractivity contribution in [2.75, 3.05) is 10.6 Å². The monoisotopic (exact) mass is 382 g/mol. The number of halogens is 1. The molecule has 0 radical (unpaired) electrons. The van der Waals surface area contributed by atoms with E-state index in [1.165, 1.54) is 11.8 Å². The van der Waals surface area contributed by atoms with Gasteiger partial charge in [0.2, 0.25) is 11.8 Å². The van der Waals surface area contributed by atoms with Crippen LogP contribution in [0.4, 0.5) is 11.4 Å². The maximum Gasteiger partial charge on any atom is 0.238 e. The Kier molecular flexibility index (Phi) is 4.57. The summed E-state index contributed by atoms with van der Waals surface area (Å²) in [7, 11) is 0. The van der Waals surface area contributed by atoms with Crippen molar-refractivity contribution in [3.63, 3.8) is 0 Å². The van der Waals surface area contributed by atoms with Gasteiger partial charge in [0, 0.05) is 27.4 Å². The van der Waals surface area contributed by atoms with Crippen LogP contribution < -0.4 is 10.6 Å². The van der Waals surface area contributed by atoms with E-state index in [-0.39, 0.29) is 18.2 Å². The summed E-state index contributed by atoms with van der Waals surface area (Å²) < 4.78 is 0. The Morgan fingerprint density at radius 1 is 1.12 bits per heavy atom. The summed E-state index contributed by atoms with van der Waals surface area (Å²) in [6, 6.07) is 19.0. The van der Waals surface area contributed by atoms with Crippen LogP contribution in [0.25, 0.3) is 10.8 Å². The number of anilines is 2. The van der Waals surface area contributed by atoms with E-state index in [4.69, 9.17) is 11.6 Å². The predicted octanol–water partition coefficient (Wildman–Crippen LogP) is 4.93. The summed E-state index contributed by atoms with van der Waals surface area (Å²) in [4.78, 5) is 25.7. The number of hydrogen-bond donors (Lipinski definition) is 2. The van der Waals surface area contributed by atoms with E-state index in [0.29, 0.717) is 10.7 Å². The van der Waals surface area contributed by atoms with E-state index in [2.05, 4.69) is 10.6 Å². The lowest BCUT2D eigenvalue weighted by atomic mass is 10.1. The van der Waals surface area contributed by atoms with Gasteiger partial charge in [0.15, 0.2) is 0 Å². The molecule has 130 valence electrons. The average Bonchev–Trinajstić information content (AvgIpc) is 2.63. The smallest absolute Gasteiger partial charge is 0.238 e. The Labute approximate surface area is 159 Å². The molecule has 0 bridgehead atoms. The minimum Gasteiger partial charge on any atom is -0.325 e. The second kappa shape index (κ2) is 7.02. The van der Waals surface area contributed by atoms with Crippen molar-refractivity contribution in [2.24, 2.45) is 0 Å². The first-order valence-corrected chi connectivity index (χ1v) is 9.40. The number of hydrogen-bond acceptors (Lipinski definition) is 3. The molecule has 1 aliphatic rings. The summed E-state index contributed by atoms with van der Waals surface area (Å²) in [5.74, 6) is -0.371. The van der Waals surface area contributed by atoms with Crippen LogP contribution in [0.1, 0.15) is 6.42 Å². The fourth-order valence-electron chi connectivity index (χ4n) is 2.96. The van der Waals surface area contributed by atoms with Gasteiger partial charge in [-0.15, -0.1) is 11.8 Å². The van der Waals surface area contributed by atoms with Crippen molar-refractivity contribution in [2.45, 2.75) is 16.6 Å². The first kappa shape index (κ1) is 16.9. The van der Waals surface area contributed by atoms with Gasteiger partial charge in [0.25, 0.3) is 0 Å². The van der Waals surface area contributed by atoms with Gasteiger partial charge in [-0.05, 0) is 29.7 Å². The number of carbonyl (C=O) groups is 2. The topological polar surface area (TPSA) is 58.2 Å². The van der Waals surface area contributed by atoms with Gasteiger partial charge in [-0.3, -0.25) is 9.59 Å². The van der Waals surface area contributed by atoms with E-state index in [0.717, 1.165) is 21.4 Å². The third kappa shape index (κ3) is 3.41. The molecular formula is C20H15ClN2O2S. The van der Waals surface area contributed by atoms with Gasteiger partial charge in [-0.1, -0.05) is 48.0 Å². The predicted molar refractivity (Wildman–Crippen MR) is 107 cm³/mol. The highest BCUT2D eigenvalue weighted by Gasteiger charge is 2.29. The lowest BCUT2D eigenvalue weighted by Crippen LogP contribution is -2.32. The zero-order valence-corrected chi connectivity index (χ0v) is 15.2. The summed E-state index contributed by atoms with van der Waals surface area (Å²) in [5, 5.41) is 7.88. The Hall–Kier alpha value is -2.50. The van der Waals surface area contributed by atoms with E-state index >= 15 is 0 Å². The second-order valence-electron chi connectivity index (χ2n) is 6.02. The molecule has 2 N–H and O–H groups in total. The first-order valence-electron chi connectivity index (χ1n) is 8.15. The molecule has 0 saturated heterocycles. The first-order chi connectivity index (χ1) is 12.6. The normalized spacial score (nSPS) is 16.0. The summed E-state index contributed by atoms with van der Waals surface area (Å²) in [6.45, 7) is 0. The highest BCUT2D eigenvalue weighted by atomic mass is 35.5. The van der Waals surface area contributed by atoms with Gasteiger partial charge < -0.3 is 10.6 Å². The molecule has 4 rings (SSSR count). The molecule has 4 nitrogen and oxygen atoms in total.